The van der Waals surface area contributed by atoms with E-state index < -0.39 is 0 Å². The molecule has 0 aromatic carbocycles. The van der Waals surface area contributed by atoms with Crippen molar-refractivity contribution in [3.63, 3.8) is 0 Å². The minimum Gasteiger partial charge on any atom is -0.340 e. The highest BCUT2D eigenvalue weighted by Crippen LogP contribution is 2.33. The quantitative estimate of drug-likeness (QED) is 0.795. The number of nitrogens with two attached hydrogens (primary N) is 1. The van der Waals surface area contributed by atoms with E-state index in [4.69, 9.17) is 5.73 Å². The number of fused-ring (bicyclic) bond motifs is 1. The third kappa shape index (κ3) is 2.41. The maximum Gasteiger partial charge on any atom is 0.224 e. The van der Waals surface area contributed by atoms with Crippen molar-refractivity contribution in [1.29, 1.82) is 0 Å². The summed E-state index contributed by atoms with van der Waals surface area (Å²) in [7, 11) is 0. The first-order valence-corrected chi connectivity index (χ1v) is 7.47. The van der Waals surface area contributed by atoms with E-state index in [-0.39, 0.29) is 5.54 Å². The second kappa shape index (κ2) is 4.82. The Morgan fingerprint density at radius 2 is 2.00 bits per heavy atom. The molecule has 1 saturated carbocycles. The molecular formula is C14H25N3O. The van der Waals surface area contributed by atoms with Crippen molar-refractivity contribution >= 4 is 5.91 Å². The number of rotatable bonds is 2. The van der Waals surface area contributed by atoms with Gasteiger partial charge in [0.2, 0.25) is 5.91 Å². The number of carbonyl (C=O) groups is 1. The van der Waals surface area contributed by atoms with Crippen LogP contribution in [0.25, 0.3) is 0 Å². The molecule has 102 valence electrons. The normalized spacial score (nSPS) is 31.6. The largest absolute Gasteiger partial charge is 0.340 e. The van der Waals surface area contributed by atoms with Crippen LogP contribution in [0.4, 0.5) is 0 Å². The van der Waals surface area contributed by atoms with E-state index in [0.717, 1.165) is 32.5 Å². The van der Waals surface area contributed by atoms with E-state index in [1.54, 1.807) is 0 Å². The Kier molecular flexibility index (Phi) is 3.32. The summed E-state index contributed by atoms with van der Waals surface area (Å²) >= 11 is 0. The Balaban J connectivity index is 1.55. The highest BCUT2D eigenvalue weighted by atomic mass is 16.2. The minimum atomic E-state index is -0.166. The molecular weight excluding hydrogens is 226 g/mol. The van der Waals surface area contributed by atoms with Gasteiger partial charge < -0.3 is 10.6 Å². The number of amides is 1. The Hall–Kier alpha value is -0.610. The SMILES string of the molecule is NC1(CC(=O)N2CCN3CCCCC3C2)CCC1. The number of piperidine rings is 1. The lowest BCUT2D eigenvalue weighted by molar-refractivity contribution is -0.136. The summed E-state index contributed by atoms with van der Waals surface area (Å²) in [5.41, 5.74) is 6.02. The molecule has 3 rings (SSSR count). The van der Waals surface area contributed by atoms with Gasteiger partial charge in [0.25, 0.3) is 0 Å². The summed E-state index contributed by atoms with van der Waals surface area (Å²) in [6.07, 6.45) is 7.74. The minimum absolute atomic E-state index is 0.166. The number of nitrogens with zero attached hydrogens (tertiary/aromatic N) is 2. The van der Waals surface area contributed by atoms with Crippen molar-refractivity contribution in [1.82, 2.24) is 9.80 Å². The summed E-state index contributed by atoms with van der Waals surface area (Å²) < 4.78 is 0. The first kappa shape index (κ1) is 12.4. The molecule has 1 amide bonds. The Labute approximate surface area is 109 Å². The topological polar surface area (TPSA) is 49.6 Å². The van der Waals surface area contributed by atoms with E-state index in [2.05, 4.69) is 9.80 Å². The van der Waals surface area contributed by atoms with Crippen molar-refractivity contribution in [2.45, 2.75) is 56.5 Å². The van der Waals surface area contributed by atoms with Crippen LogP contribution >= 0.6 is 0 Å². The van der Waals surface area contributed by atoms with E-state index in [1.165, 1.54) is 32.2 Å². The number of carbonyl (C=O) groups excluding carboxylic acids is 1. The van der Waals surface area contributed by atoms with Crippen LogP contribution in [0.3, 0.4) is 0 Å². The van der Waals surface area contributed by atoms with Crippen LogP contribution in [-0.4, -0.2) is 53.5 Å². The highest BCUT2D eigenvalue weighted by molar-refractivity contribution is 5.77. The second-order valence-corrected chi connectivity index (χ2v) is 6.42. The van der Waals surface area contributed by atoms with E-state index in [9.17, 15) is 4.79 Å². The molecule has 4 heteroatoms. The van der Waals surface area contributed by atoms with E-state index >= 15 is 0 Å². The third-order valence-corrected chi connectivity index (χ3v) is 5.04. The fourth-order valence-corrected chi connectivity index (χ4v) is 3.60. The molecule has 2 aliphatic heterocycles. The van der Waals surface area contributed by atoms with Crippen LogP contribution in [0.5, 0.6) is 0 Å². The molecule has 1 aliphatic carbocycles. The molecule has 18 heavy (non-hydrogen) atoms. The highest BCUT2D eigenvalue weighted by Gasteiger charge is 2.38. The number of hydrogen-bond donors (Lipinski definition) is 1. The van der Waals surface area contributed by atoms with Gasteiger partial charge in [-0.05, 0) is 38.6 Å². The Bertz CT molecular complexity index is 327. The van der Waals surface area contributed by atoms with Gasteiger partial charge in [0, 0.05) is 37.6 Å². The predicted molar refractivity (Wildman–Crippen MR) is 71.2 cm³/mol. The molecule has 0 aromatic heterocycles. The van der Waals surface area contributed by atoms with Gasteiger partial charge in [0.05, 0.1) is 0 Å². The Morgan fingerprint density at radius 1 is 1.17 bits per heavy atom. The third-order valence-electron chi connectivity index (χ3n) is 5.04. The van der Waals surface area contributed by atoms with Crippen LogP contribution in [-0.2, 0) is 4.79 Å². The standard InChI is InChI=1S/C14H25N3O/c15-14(5-3-6-14)10-13(18)17-9-8-16-7-2-1-4-12(16)11-17/h12H,1-11,15H2. The summed E-state index contributed by atoms with van der Waals surface area (Å²) in [4.78, 5) is 16.9. The van der Waals surface area contributed by atoms with Crippen molar-refractivity contribution in [2.24, 2.45) is 5.73 Å². The van der Waals surface area contributed by atoms with Crippen molar-refractivity contribution in [2.75, 3.05) is 26.2 Å². The monoisotopic (exact) mass is 251 g/mol. The predicted octanol–water partition coefficient (Wildman–Crippen LogP) is 0.955. The van der Waals surface area contributed by atoms with Crippen LogP contribution in [0, 0.1) is 0 Å². The first-order valence-electron chi connectivity index (χ1n) is 7.47. The van der Waals surface area contributed by atoms with Gasteiger partial charge in [-0.1, -0.05) is 6.42 Å². The van der Waals surface area contributed by atoms with Crippen molar-refractivity contribution < 1.29 is 4.79 Å². The number of piperazine rings is 1. The van der Waals surface area contributed by atoms with Crippen molar-refractivity contribution in [3.8, 4) is 0 Å². The van der Waals surface area contributed by atoms with E-state index in [0.29, 0.717) is 18.4 Å². The van der Waals surface area contributed by atoms with Gasteiger partial charge in [0.1, 0.15) is 0 Å². The first-order chi connectivity index (χ1) is 8.66. The van der Waals surface area contributed by atoms with Crippen LogP contribution in [0.1, 0.15) is 44.9 Å². The lowest BCUT2D eigenvalue weighted by Gasteiger charge is -2.45. The van der Waals surface area contributed by atoms with Gasteiger partial charge in [-0.3, -0.25) is 9.69 Å². The van der Waals surface area contributed by atoms with Crippen LogP contribution in [0.2, 0.25) is 0 Å². The molecule has 0 bridgehead atoms. The summed E-state index contributed by atoms with van der Waals surface area (Å²) in [6.45, 7) is 4.14. The fourth-order valence-electron chi connectivity index (χ4n) is 3.60. The zero-order chi connectivity index (χ0) is 12.6. The van der Waals surface area contributed by atoms with Crippen molar-refractivity contribution in [3.05, 3.63) is 0 Å². The van der Waals surface area contributed by atoms with Gasteiger partial charge in [-0.15, -0.1) is 0 Å². The molecule has 2 heterocycles. The lowest BCUT2D eigenvalue weighted by Crippen LogP contribution is -2.58. The zero-order valence-electron chi connectivity index (χ0n) is 11.2. The van der Waals surface area contributed by atoms with Gasteiger partial charge >= 0.3 is 0 Å². The average Bonchev–Trinajstić information content (AvgIpc) is 2.36. The molecule has 2 N–H and O–H groups in total. The van der Waals surface area contributed by atoms with Crippen LogP contribution < -0.4 is 5.73 Å². The molecule has 1 unspecified atom stereocenters. The molecule has 0 aromatic rings. The molecule has 3 fully saturated rings. The van der Waals surface area contributed by atoms with E-state index in [1.807, 2.05) is 0 Å². The second-order valence-electron chi connectivity index (χ2n) is 6.42. The maximum atomic E-state index is 12.3. The molecule has 1 atom stereocenters. The molecule has 3 aliphatic rings. The van der Waals surface area contributed by atoms with Gasteiger partial charge in [-0.2, -0.15) is 0 Å². The van der Waals surface area contributed by atoms with Gasteiger partial charge in [-0.25, -0.2) is 0 Å². The van der Waals surface area contributed by atoms with Crippen LogP contribution in [0.15, 0.2) is 0 Å². The summed E-state index contributed by atoms with van der Waals surface area (Å²) in [5.74, 6) is 0.294. The number of hydrogen-bond acceptors (Lipinski definition) is 3. The molecule has 0 spiro atoms. The molecule has 4 nitrogen and oxygen atoms in total. The fraction of sp³-hybridized carbons (Fsp3) is 0.929. The Morgan fingerprint density at radius 3 is 2.72 bits per heavy atom. The maximum absolute atomic E-state index is 12.3. The molecule has 0 radical (unpaired) electrons. The zero-order valence-corrected chi connectivity index (χ0v) is 11.2. The average molecular weight is 251 g/mol. The summed E-state index contributed by atoms with van der Waals surface area (Å²) in [6, 6.07) is 0.617. The lowest BCUT2D eigenvalue weighted by atomic mass is 9.75. The smallest absolute Gasteiger partial charge is 0.224 e. The molecule has 2 saturated heterocycles. The van der Waals surface area contributed by atoms with Gasteiger partial charge in [0.15, 0.2) is 0 Å². The summed E-state index contributed by atoms with van der Waals surface area (Å²) in [5, 5.41) is 0.